The number of imidazole rings is 1. The third-order valence-electron chi connectivity index (χ3n) is 1.65. The molecule has 1 rings (SSSR count). The molecule has 0 N–H and O–H groups in total. The Morgan fingerprint density at radius 3 is 2.91 bits per heavy atom. The number of alkyl halides is 1. The van der Waals surface area contributed by atoms with Crippen molar-refractivity contribution in [3.05, 3.63) is 18.2 Å². The molecule has 2 nitrogen and oxygen atoms in total. The lowest BCUT2D eigenvalue weighted by Gasteiger charge is -2.09. The molecular formula is C8H13ClN2. The van der Waals surface area contributed by atoms with Gasteiger partial charge in [0.25, 0.3) is 0 Å². The highest BCUT2D eigenvalue weighted by Crippen LogP contribution is 2.09. The monoisotopic (exact) mass is 172 g/mol. The van der Waals surface area contributed by atoms with Crippen molar-refractivity contribution < 1.29 is 0 Å². The van der Waals surface area contributed by atoms with Crippen LogP contribution in [0.25, 0.3) is 0 Å². The summed E-state index contributed by atoms with van der Waals surface area (Å²) in [6.45, 7) is 4.28. The van der Waals surface area contributed by atoms with Gasteiger partial charge in [-0.2, -0.15) is 0 Å². The fraction of sp³-hybridized carbons (Fsp3) is 0.625. The van der Waals surface area contributed by atoms with Crippen LogP contribution < -0.4 is 0 Å². The van der Waals surface area contributed by atoms with Crippen molar-refractivity contribution in [1.82, 2.24) is 9.55 Å². The molecule has 0 bridgehead atoms. The maximum atomic E-state index is 5.63. The van der Waals surface area contributed by atoms with Crippen LogP contribution in [0.3, 0.4) is 0 Å². The molecule has 0 spiro atoms. The predicted molar refractivity (Wildman–Crippen MR) is 47.0 cm³/mol. The van der Waals surface area contributed by atoms with Crippen molar-refractivity contribution in [1.29, 1.82) is 0 Å². The van der Waals surface area contributed by atoms with Crippen LogP contribution in [-0.2, 0) is 6.42 Å². The summed E-state index contributed by atoms with van der Waals surface area (Å²) in [7, 11) is 0. The Morgan fingerprint density at radius 2 is 2.36 bits per heavy atom. The molecule has 0 atom stereocenters. The van der Waals surface area contributed by atoms with Gasteiger partial charge in [0.05, 0.1) is 6.33 Å². The van der Waals surface area contributed by atoms with Gasteiger partial charge in [0, 0.05) is 30.2 Å². The zero-order valence-electron chi connectivity index (χ0n) is 6.92. The van der Waals surface area contributed by atoms with Crippen molar-refractivity contribution in [3.8, 4) is 0 Å². The van der Waals surface area contributed by atoms with E-state index in [1.165, 1.54) is 5.69 Å². The van der Waals surface area contributed by atoms with Gasteiger partial charge in [-0.25, -0.2) is 4.98 Å². The Morgan fingerprint density at radius 1 is 1.64 bits per heavy atom. The summed E-state index contributed by atoms with van der Waals surface area (Å²) in [4.78, 5) is 4.07. The molecular weight excluding hydrogens is 160 g/mol. The summed E-state index contributed by atoms with van der Waals surface area (Å²) in [6, 6.07) is 0.482. The molecule has 0 radical (unpaired) electrons. The molecule has 0 fully saturated rings. The van der Waals surface area contributed by atoms with Gasteiger partial charge < -0.3 is 4.57 Å². The largest absolute Gasteiger partial charge is 0.332 e. The molecule has 0 saturated carbocycles. The first-order valence-corrected chi connectivity index (χ1v) is 4.36. The van der Waals surface area contributed by atoms with E-state index in [-0.39, 0.29) is 0 Å². The zero-order valence-corrected chi connectivity index (χ0v) is 7.67. The molecule has 0 aliphatic heterocycles. The van der Waals surface area contributed by atoms with Crippen LogP contribution in [0.2, 0.25) is 0 Å². The highest BCUT2D eigenvalue weighted by molar-refractivity contribution is 6.17. The summed E-state index contributed by atoms with van der Waals surface area (Å²) >= 11 is 5.63. The second-order valence-electron chi connectivity index (χ2n) is 2.82. The van der Waals surface area contributed by atoms with Crippen LogP contribution in [0.1, 0.15) is 25.6 Å². The van der Waals surface area contributed by atoms with Crippen LogP contribution in [0, 0.1) is 0 Å². The summed E-state index contributed by atoms with van der Waals surface area (Å²) in [5.41, 5.74) is 1.22. The van der Waals surface area contributed by atoms with Gasteiger partial charge in [0.1, 0.15) is 0 Å². The smallest absolute Gasteiger partial charge is 0.0950 e. The molecule has 0 amide bonds. The molecule has 0 saturated heterocycles. The van der Waals surface area contributed by atoms with E-state index < -0.39 is 0 Å². The second-order valence-corrected chi connectivity index (χ2v) is 3.20. The van der Waals surface area contributed by atoms with Gasteiger partial charge in [0.15, 0.2) is 0 Å². The average Bonchev–Trinajstić information content (AvgIpc) is 2.36. The second kappa shape index (κ2) is 3.77. The third-order valence-corrected chi connectivity index (χ3v) is 1.84. The van der Waals surface area contributed by atoms with E-state index in [9.17, 15) is 0 Å². The number of hydrogen-bond acceptors (Lipinski definition) is 1. The summed E-state index contributed by atoms with van der Waals surface area (Å²) in [5, 5.41) is 0. The molecule has 0 aliphatic rings. The SMILES string of the molecule is CC(C)n1cncc1CCCl. The van der Waals surface area contributed by atoms with Crippen LogP contribution >= 0.6 is 11.6 Å². The lowest BCUT2D eigenvalue weighted by molar-refractivity contribution is 0.577. The lowest BCUT2D eigenvalue weighted by atomic mass is 10.3. The summed E-state index contributed by atoms with van der Waals surface area (Å²) in [5.74, 6) is 0.665. The Balaban J connectivity index is 2.78. The summed E-state index contributed by atoms with van der Waals surface area (Å²) in [6.07, 6.45) is 4.63. The first-order valence-electron chi connectivity index (χ1n) is 3.82. The van der Waals surface area contributed by atoms with Gasteiger partial charge in [0.2, 0.25) is 0 Å². The number of hydrogen-bond donors (Lipinski definition) is 0. The van der Waals surface area contributed by atoms with Gasteiger partial charge in [-0.1, -0.05) is 0 Å². The Kier molecular flexibility index (Phi) is 2.94. The molecule has 11 heavy (non-hydrogen) atoms. The minimum absolute atomic E-state index is 0.482. The third kappa shape index (κ3) is 1.96. The van der Waals surface area contributed by atoms with E-state index in [4.69, 9.17) is 11.6 Å². The summed E-state index contributed by atoms with van der Waals surface area (Å²) < 4.78 is 2.14. The van der Waals surface area contributed by atoms with E-state index >= 15 is 0 Å². The highest BCUT2D eigenvalue weighted by atomic mass is 35.5. The minimum atomic E-state index is 0.482. The van der Waals surface area contributed by atoms with Gasteiger partial charge in [-0.3, -0.25) is 0 Å². The van der Waals surface area contributed by atoms with E-state index in [0.29, 0.717) is 11.9 Å². The maximum Gasteiger partial charge on any atom is 0.0950 e. The number of rotatable bonds is 3. The topological polar surface area (TPSA) is 17.8 Å². The van der Waals surface area contributed by atoms with Crippen molar-refractivity contribution >= 4 is 11.6 Å². The number of nitrogens with zero attached hydrogens (tertiary/aromatic N) is 2. The lowest BCUT2D eigenvalue weighted by Crippen LogP contribution is -2.04. The standard InChI is InChI=1S/C8H13ClN2/c1-7(2)11-6-10-5-8(11)3-4-9/h5-7H,3-4H2,1-2H3. The predicted octanol–water partition coefficient (Wildman–Crippen LogP) is 2.25. The average molecular weight is 173 g/mol. The van der Waals surface area contributed by atoms with Crippen molar-refractivity contribution in [2.24, 2.45) is 0 Å². The van der Waals surface area contributed by atoms with Gasteiger partial charge in [-0.05, 0) is 13.8 Å². The van der Waals surface area contributed by atoms with E-state index in [2.05, 4.69) is 23.4 Å². The zero-order chi connectivity index (χ0) is 8.27. The number of halogens is 1. The molecule has 62 valence electrons. The maximum absolute atomic E-state index is 5.63. The van der Waals surface area contributed by atoms with Crippen LogP contribution in [0.4, 0.5) is 0 Å². The van der Waals surface area contributed by atoms with Gasteiger partial charge in [-0.15, -0.1) is 11.6 Å². The molecule has 1 heterocycles. The fourth-order valence-corrected chi connectivity index (χ4v) is 1.28. The number of aromatic nitrogens is 2. The van der Waals surface area contributed by atoms with Crippen molar-refractivity contribution in [2.45, 2.75) is 26.3 Å². The van der Waals surface area contributed by atoms with Crippen molar-refractivity contribution in [2.75, 3.05) is 5.88 Å². The molecule has 1 aromatic heterocycles. The minimum Gasteiger partial charge on any atom is -0.332 e. The van der Waals surface area contributed by atoms with E-state index in [0.717, 1.165) is 6.42 Å². The molecule has 0 aliphatic carbocycles. The van der Waals surface area contributed by atoms with Crippen LogP contribution in [0.15, 0.2) is 12.5 Å². The molecule has 0 unspecified atom stereocenters. The Hall–Kier alpha value is -0.500. The first-order chi connectivity index (χ1) is 5.25. The van der Waals surface area contributed by atoms with Crippen molar-refractivity contribution in [3.63, 3.8) is 0 Å². The molecule has 1 aromatic rings. The Labute approximate surface area is 72.2 Å². The fourth-order valence-electron chi connectivity index (χ4n) is 1.09. The number of aryl methyl sites for hydroxylation is 1. The van der Waals surface area contributed by atoms with Crippen LogP contribution in [0.5, 0.6) is 0 Å². The quantitative estimate of drug-likeness (QED) is 0.640. The first kappa shape index (κ1) is 8.60. The normalized spacial score (nSPS) is 10.9. The van der Waals surface area contributed by atoms with Crippen LogP contribution in [-0.4, -0.2) is 15.4 Å². The Bertz CT molecular complexity index is 218. The van der Waals surface area contributed by atoms with E-state index in [1.807, 2.05) is 12.5 Å². The van der Waals surface area contributed by atoms with Gasteiger partial charge >= 0.3 is 0 Å². The molecule has 3 heteroatoms. The highest BCUT2D eigenvalue weighted by Gasteiger charge is 2.03. The van der Waals surface area contributed by atoms with E-state index in [1.54, 1.807) is 0 Å². The molecule has 0 aromatic carbocycles.